The third kappa shape index (κ3) is 5.82. The Labute approximate surface area is 292 Å². The molecule has 0 saturated heterocycles. The summed E-state index contributed by atoms with van der Waals surface area (Å²) in [4.78, 5) is 48.8. The Morgan fingerprint density at radius 2 is 1.56 bits per heavy atom. The quantitative estimate of drug-likeness (QED) is 0.0953. The van der Waals surface area contributed by atoms with Crippen LogP contribution in [0.4, 0.5) is 5.69 Å². The molecule has 10 heteroatoms. The van der Waals surface area contributed by atoms with Crippen LogP contribution in [0.2, 0.25) is 0 Å². The molecule has 4 aromatic rings. The van der Waals surface area contributed by atoms with Gasteiger partial charge in [-0.25, -0.2) is 4.79 Å². The second-order valence-electron chi connectivity index (χ2n) is 12.8. The van der Waals surface area contributed by atoms with Crippen molar-refractivity contribution < 1.29 is 19.5 Å². The van der Waals surface area contributed by atoms with Crippen molar-refractivity contribution in [2.45, 2.75) is 65.2 Å². The molecule has 1 N–H and O–H groups in total. The van der Waals surface area contributed by atoms with Gasteiger partial charge >= 0.3 is 5.97 Å². The first kappa shape index (κ1) is 32.5. The number of carboxylic acids is 1. The molecule has 1 aromatic carbocycles. The van der Waals surface area contributed by atoms with Crippen molar-refractivity contribution in [3.8, 4) is 36.0 Å². The number of anilines is 1. The number of fused-ring (bicyclic) bond motifs is 1. The van der Waals surface area contributed by atoms with E-state index in [2.05, 4.69) is 43.0 Å². The van der Waals surface area contributed by atoms with E-state index in [0.717, 1.165) is 71.1 Å². The van der Waals surface area contributed by atoms with E-state index < -0.39 is 5.97 Å². The predicted molar refractivity (Wildman–Crippen MR) is 195 cm³/mol. The van der Waals surface area contributed by atoms with Gasteiger partial charge in [0.15, 0.2) is 0 Å². The highest BCUT2D eigenvalue weighted by molar-refractivity contribution is 7.28. The minimum Gasteiger partial charge on any atom is -0.477 e. The number of aryl methyl sites for hydroxylation is 2. The second-order valence-corrected chi connectivity index (χ2v) is 16.0. The fourth-order valence-corrected chi connectivity index (χ4v) is 10.7. The Bertz CT molecular complexity index is 1980. The van der Waals surface area contributed by atoms with Gasteiger partial charge in [0.2, 0.25) is 0 Å². The fourth-order valence-electron chi connectivity index (χ4n) is 7.29. The number of carbonyl (C=O) groups is 3. The Morgan fingerprint density at radius 3 is 2.17 bits per heavy atom. The number of rotatable bonds is 11. The van der Waals surface area contributed by atoms with Gasteiger partial charge in [-0.1, -0.05) is 33.1 Å². The van der Waals surface area contributed by atoms with Crippen molar-refractivity contribution in [2.24, 2.45) is 5.92 Å². The van der Waals surface area contributed by atoms with Crippen molar-refractivity contribution in [2.75, 3.05) is 24.5 Å². The third-order valence-corrected chi connectivity index (χ3v) is 13.5. The molecule has 1 atom stereocenters. The molecule has 0 fully saturated rings. The molecule has 7 rings (SSSR count). The van der Waals surface area contributed by atoms with Crippen LogP contribution in [0.15, 0.2) is 42.0 Å². The van der Waals surface area contributed by atoms with Gasteiger partial charge in [-0.15, -0.1) is 34.0 Å². The molecule has 0 bridgehead atoms. The summed E-state index contributed by atoms with van der Waals surface area (Å²) in [5.74, 6) is -1.53. The summed E-state index contributed by atoms with van der Waals surface area (Å²) >= 11 is 4.43. The van der Waals surface area contributed by atoms with Crippen LogP contribution >= 0.6 is 34.0 Å². The van der Waals surface area contributed by atoms with Crippen molar-refractivity contribution >= 4 is 63.6 Å². The number of carboxylic acid groups (broad SMARTS) is 1. The number of hydrogen-bond donors (Lipinski definition) is 1. The average Bonchev–Trinajstić information content (AvgIpc) is 3.88. The van der Waals surface area contributed by atoms with E-state index in [-0.39, 0.29) is 23.3 Å². The highest BCUT2D eigenvalue weighted by atomic mass is 32.1. The molecule has 7 nitrogen and oxygen atoms in total. The van der Waals surface area contributed by atoms with Crippen LogP contribution in [0.1, 0.15) is 89.1 Å². The van der Waals surface area contributed by atoms with Gasteiger partial charge in [0, 0.05) is 44.8 Å². The molecule has 0 radical (unpaired) electrons. The maximum absolute atomic E-state index is 14.2. The number of nitriles is 1. The molecule has 246 valence electrons. The van der Waals surface area contributed by atoms with Gasteiger partial charge in [0.25, 0.3) is 11.8 Å². The molecule has 2 amide bonds. The molecule has 6 heterocycles. The lowest BCUT2D eigenvalue weighted by molar-refractivity contribution is -0.132. The van der Waals surface area contributed by atoms with Gasteiger partial charge in [-0.3, -0.25) is 14.5 Å². The van der Waals surface area contributed by atoms with Gasteiger partial charge in [0.1, 0.15) is 11.6 Å². The summed E-state index contributed by atoms with van der Waals surface area (Å²) in [5, 5.41) is 18.6. The predicted octanol–water partition coefficient (Wildman–Crippen LogP) is 9.37. The number of nitrogens with zero attached hydrogens (tertiary/aromatic N) is 3. The largest absolute Gasteiger partial charge is 0.477 e. The lowest BCUT2D eigenvalue weighted by atomic mass is 9.90. The molecule has 3 aromatic heterocycles. The van der Waals surface area contributed by atoms with E-state index >= 15 is 0 Å². The normalized spacial score (nSPS) is 16.2. The molecule has 1 unspecified atom stereocenters. The molecular formula is C38H37N3O4S3. The summed E-state index contributed by atoms with van der Waals surface area (Å²) in [6, 6.07) is 14.3. The van der Waals surface area contributed by atoms with Crippen LogP contribution in [-0.2, 0) is 17.6 Å². The topological polar surface area (TPSA) is 102 Å². The number of aliphatic carboxylic acids is 1. The van der Waals surface area contributed by atoms with E-state index in [4.69, 9.17) is 0 Å². The first-order chi connectivity index (χ1) is 23.3. The number of imide groups is 1. The molecule has 48 heavy (non-hydrogen) atoms. The van der Waals surface area contributed by atoms with Crippen molar-refractivity contribution in [3.05, 3.63) is 69.1 Å². The van der Waals surface area contributed by atoms with E-state index in [1.165, 1.54) is 68.9 Å². The number of benzene rings is 1. The number of thiophene rings is 3. The minimum atomic E-state index is -1.29. The highest BCUT2D eigenvalue weighted by Crippen LogP contribution is 2.51. The van der Waals surface area contributed by atoms with Crippen LogP contribution in [0, 0.1) is 17.2 Å². The second kappa shape index (κ2) is 13.5. The smallest absolute Gasteiger partial charge is 0.346 e. The molecule has 0 spiro atoms. The van der Waals surface area contributed by atoms with Gasteiger partial charge in [0.05, 0.1) is 20.9 Å². The van der Waals surface area contributed by atoms with E-state index in [9.17, 15) is 24.8 Å². The van der Waals surface area contributed by atoms with Crippen LogP contribution in [-0.4, -0.2) is 47.4 Å². The summed E-state index contributed by atoms with van der Waals surface area (Å²) in [6.07, 6.45) is 9.87. The number of unbranched alkanes of at least 4 members (excludes halogenated alkanes) is 1. The average molecular weight is 696 g/mol. The number of hydrogen-bond acceptors (Lipinski definition) is 8. The fraction of sp³-hybridized carbons (Fsp3) is 0.368. The van der Waals surface area contributed by atoms with E-state index in [0.29, 0.717) is 27.4 Å². The van der Waals surface area contributed by atoms with Crippen molar-refractivity contribution in [3.63, 3.8) is 0 Å². The van der Waals surface area contributed by atoms with Crippen LogP contribution in [0.5, 0.6) is 0 Å². The summed E-state index contributed by atoms with van der Waals surface area (Å²) in [5.41, 5.74) is 6.07. The molecule has 0 aliphatic carbocycles. The third-order valence-electron chi connectivity index (χ3n) is 9.74. The van der Waals surface area contributed by atoms with Crippen molar-refractivity contribution in [1.82, 2.24) is 4.90 Å². The summed E-state index contributed by atoms with van der Waals surface area (Å²) in [7, 11) is 0. The van der Waals surface area contributed by atoms with E-state index in [1.54, 1.807) is 23.5 Å². The van der Waals surface area contributed by atoms with Gasteiger partial charge in [-0.05, 0) is 97.2 Å². The Kier molecular flexibility index (Phi) is 9.12. The SMILES string of the molecule is CCCCC(CC)CN1C(=O)c2c(-c3ccc(/C=C(\C#N)C(=O)O)s3)sc(-c3ccc(-c4cc5c6c(c4)CCCN6CCC5)s3)c2C1=O. The summed E-state index contributed by atoms with van der Waals surface area (Å²) < 4.78 is 0. The Hall–Kier alpha value is -4.04. The van der Waals surface area contributed by atoms with Gasteiger partial charge in [-0.2, -0.15) is 5.26 Å². The van der Waals surface area contributed by atoms with Crippen LogP contribution in [0.25, 0.3) is 36.0 Å². The number of amides is 2. The number of carbonyl (C=O) groups excluding carboxylic acids is 2. The highest BCUT2D eigenvalue weighted by Gasteiger charge is 2.43. The molecule has 0 saturated carbocycles. The lowest BCUT2D eigenvalue weighted by Gasteiger charge is -2.37. The summed E-state index contributed by atoms with van der Waals surface area (Å²) in [6.45, 7) is 6.94. The molecule has 3 aliphatic heterocycles. The van der Waals surface area contributed by atoms with Crippen LogP contribution in [0.3, 0.4) is 0 Å². The maximum atomic E-state index is 14.2. The zero-order chi connectivity index (χ0) is 33.5. The zero-order valence-corrected chi connectivity index (χ0v) is 29.6. The van der Waals surface area contributed by atoms with E-state index in [1.807, 2.05) is 6.07 Å². The van der Waals surface area contributed by atoms with Crippen LogP contribution < -0.4 is 4.90 Å². The molecular weight excluding hydrogens is 659 g/mol. The Balaban J connectivity index is 1.30. The lowest BCUT2D eigenvalue weighted by Crippen LogP contribution is -2.34. The Morgan fingerprint density at radius 1 is 0.938 bits per heavy atom. The monoisotopic (exact) mass is 695 g/mol. The standard InChI is InChI=1S/C38H37N3O4S3/c1-3-5-8-22(4-2)21-41-36(42)31-32(37(41)43)35(48-34(31)29-12-11-27(46-29)19-26(20-39)38(44)45)30-14-13-28(47-30)25-17-23-9-6-15-40-16-7-10-24(18-25)33(23)40/h11-14,17-19,22H,3-10,15-16,21H2,1-2H3,(H,44,45)/b26-19+. The maximum Gasteiger partial charge on any atom is 0.346 e. The first-order valence-corrected chi connectivity index (χ1v) is 19.3. The zero-order valence-electron chi connectivity index (χ0n) is 27.1. The van der Waals surface area contributed by atoms with Crippen molar-refractivity contribution in [1.29, 1.82) is 5.26 Å². The molecule has 3 aliphatic rings. The first-order valence-electron chi connectivity index (χ1n) is 16.8. The minimum absolute atomic E-state index is 0.231. The van der Waals surface area contributed by atoms with Gasteiger partial charge < -0.3 is 10.0 Å².